The number of nitrogens with one attached hydrogen (secondary N) is 2. The number of ether oxygens (including phenoxy) is 1. The summed E-state index contributed by atoms with van der Waals surface area (Å²) in [6.45, 7) is 3.13. The molecule has 4 heterocycles. The monoisotopic (exact) mass is 561 g/mol. The number of aromatic nitrogens is 5. The fraction of sp³-hybridized carbons (Fsp3) is 0.467. The van der Waals surface area contributed by atoms with Crippen molar-refractivity contribution in [3.05, 3.63) is 47.8 Å². The summed E-state index contributed by atoms with van der Waals surface area (Å²) in [6, 6.07) is 9.01. The number of rotatable bonds is 3. The first-order valence-electron chi connectivity index (χ1n) is 14.3. The molecule has 4 aromatic rings. The van der Waals surface area contributed by atoms with Gasteiger partial charge in [0.05, 0.1) is 35.1 Å². The standard InChI is InChI=1S/C30H33F2N7O2/c1-17-10-20-11-24(34-17)23-15-33-38(2)28(23)41-9-3-4-19(18-5-6-18)16-39-26-8-7-21(35-22-13-30(31,32)14-22)12-25(26)36-29(39)37-27(20)40/h7-8,10-12,15,18-19,22,35H,3-6,9,13-14,16H2,1-2H3,(H,36,37,40)/t19-/m1/s1. The van der Waals surface area contributed by atoms with Crippen molar-refractivity contribution in [3.63, 3.8) is 0 Å². The second kappa shape index (κ2) is 9.81. The Morgan fingerprint density at radius 1 is 1.10 bits per heavy atom. The molecule has 7 rings (SSSR count). The van der Waals surface area contributed by atoms with Gasteiger partial charge in [-0.1, -0.05) is 0 Å². The molecule has 0 radical (unpaired) electrons. The lowest BCUT2D eigenvalue weighted by atomic mass is 9.88. The molecule has 2 bridgehead atoms. The molecular formula is C30H33F2N7O2. The number of carbonyl (C=O) groups excluding carboxylic acids is 1. The van der Waals surface area contributed by atoms with E-state index in [0.717, 1.165) is 36.2 Å². The number of nitrogens with zero attached hydrogens (tertiary/aromatic N) is 5. The van der Waals surface area contributed by atoms with Crippen LogP contribution in [0.2, 0.25) is 0 Å². The number of fused-ring (bicyclic) bond motifs is 7. The van der Waals surface area contributed by atoms with Crippen LogP contribution in [0.25, 0.3) is 22.3 Å². The zero-order chi connectivity index (χ0) is 28.3. The summed E-state index contributed by atoms with van der Waals surface area (Å²) in [4.78, 5) is 23.2. The summed E-state index contributed by atoms with van der Waals surface area (Å²) in [6.07, 6.45) is 5.64. The van der Waals surface area contributed by atoms with Gasteiger partial charge in [-0.2, -0.15) is 5.10 Å². The van der Waals surface area contributed by atoms with Gasteiger partial charge < -0.3 is 14.6 Å². The molecule has 1 atom stereocenters. The number of carbonyl (C=O) groups is 1. The molecule has 2 aliphatic carbocycles. The number of hydrogen-bond donors (Lipinski definition) is 2. The van der Waals surface area contributed by atoms with Crippen molar-refractivity contribution in [2.75, 3.05) is 17.2 Å². The van der Waals surface area contributed by atoms with Crippen molar-refractivity contribution < 1.29 is 18.3 Å². The Balaban J connectivity index is 1.27. The first-order chi connectivity index (χ1) is 19.7. The molecule has 3 aliphatic rings. The Hall–Kier alpha value is -4.02. The van der Waals surface area contributed by atoms with Gasteiger partial charge in [-0.15, -0.1) is 0 Å². The van der Waals surface area contributed by atoms with E-state index in [9.17, 15) is 13.6 Å². The highest BCUT2D eigenvalue weighted by Crippen LogP contribution is 2.42. The van der Waals surface area contributed by atoms with E-state index in [4.69, 9.17) is 9.72 Å². The topological polar surface area (TPSA) is 98.9 Å². The number of imidazole rings is 1. The minimum Gasteiger partial charge on any atom is -0.477 e. The van der Waals surface area contributed by atoms with E-state index in [1.54, 1.807) is 23.0 Å². The van der Waals surface area contributed by atoms with Gasteiger partial charge in [-0.05, 0) is 74.8 Å². The molecule has 1 aromatic carbocycles. The third-order valence-electron chi connectivity index (χ3n) is 8.47. The number of pyridine rings is 1. The Morgan fingerprint density at radius 2 is 1.93 bits per heavy atom. The average molecular weight is 562 g/mol. The van der Waals surface area contributed by atoms with E-state index in [0.29, 0.717) is 52.7 Å². The van der Waals surface area contributed by atoms with Crippen molar-refractivity contribution >= 4 is 28.6 Å². The van der Waals surface area contributed by atoms with Gasteiger partial charge in [-0.3, -0.25) is 15.1 Å². The SMILES string of the molecule is Cc1cc2cc(n1)-c1cnn(C)c1OCCC[C@@H](C1CC1)Cn1c(nc3cc(NC4CC(F)(F)C4)ccc31)NC2=O. The van der Waals surface area contributed by atoms with E-state index >= 15 is 0 Å². The number of aryl methyl sites for hydroxylation is 2. The molecule has 214 valence electrons. The minimum atomic E-state index is -2.59. The molecule has 2 N–H and O–H groups in total. The quantitative estimate of drug-likeness (QED) is 0.328. The maximum absolute atomic E-state index is 13.6. The van der Waals surface area contributed by atoms with Crippen LogP contribution in [0.4, 0.5) is 20.4 Å². The summed E-state index contributed by atoms with van der Waals surface area (Å²) in [7, 11) is 1.84. The Bertz CT molecular complexity index is 1630. The fourth-order valence-corrected chi connectivity index (χ4v) is 6.18. The minimum absolute atomic E-state index is 0.165. The normalized spacial score (nSPS) is 21.1. The predicted octanol–water partition coefficient (Wildman–Crippen LogP) is 5.80. The molecule has 11 heteroatoms. The van der Waals surface area contributed by atoms with Crippen LogP contribution in [-0.2, 0) is 13.6 Å². The molecule has 2 fully saturated rings. The van der Waals surface area contributed by atoms with E-state index < -0.39 is 5.92 Å². The lowest BCUT2D eigenvalue weighted by molar-refractivity contribution is -0.0793. The van der Waals surface area contributed by atoms with Gasteiger partial charge in [0.15, 0.2) is 0 Å². The molecule has 1 amide bonds. The van der Waals surface area contributed by atoms with Gasteiger partial charge in [0.1, 0.15) is 0 Å². The lowest BCUT2D eigenvalue weighted by Gasteiger charge is -2.36. The van der Waals surface area contributed by atoms with Crippen molar-refractivity contribution in [1.82, 2.24) is 24.3 Å². The van der Waals surface area contributed by atoms with Crippen LogP contribution >= 0.6 is 0 Å². The Labute approximate surface area is 236 Å². The second-order valence-corrected chi connectivity index (χ2v) is 11.8. The van der Waals surface area contributed by atoms with Crippen molar-refractivity contribution in [2.45, 2.75) is 64.0 Å². The lowest BCUT2D eigenvalue weighted by Crippen LogP contribution is -2.44. The van der Waals surface area contributed by atoms with E-state index in [1.807, 2.05) is 32.2 Å². The van der Waals surface area contributed by atoms with Crippen molar-refractivity contribution in [2.24, 2.45) is 18.9 Å². The number of amides is 1. The summed E-state index contributed by atoms with van der Waals surface area (Å²) in [5.41, 5.74) is 4.89. The fourth-order valence-electron chi connectivity index (χ4n) is 6.18. The molecule has 1 aliphatic heterocycles. The highest BCUT2D eigenvalue weighted by atomic mass is 19.3. The molecule has 0 unspecified atom stereocenters. The van der Waals surface area contributed by atoms with Gasteiger partial charge in [-0.25, -0.2) is 18.4 Å². The van der Waals surface area contributed by atoms with Crippen LogP contribution in [0.15, 0.2) is 36.5 Å². The molecular weight excluding hydrogens is 528 g/mol. The average Bonchev–Trinajstić information content (AvgIpc) is 3.61. The zero-order valence-electron chi connectivity index (χ0n) is 23.2. The molecule has 0 saturated heterocycles. The number of anilines is 2. The van der Waals surface area contributed by atoms with Crippen LogP contribution in [0.3, 0.4) is 0 Å². The maximum atomic E-state index is 13.6. The summed E-state index contributed by atoms with van der Waals surface area (Å²) < 4.78 is 36.8. The van der Waals surface area contributed by atoms with Crippen LogP contribution in [0, 0.1) is 18.8 Å². The highest BCUT2D eigenvalue weighted by Gasteiger charge is 2.45. The predicted molar refractivity (Wildman–Crippen MR) is 151 cm³/mol. The third-order valence-corrected chi connectivity index (χ3v) is 8.47. The van der Waals surface area contributed by atoms with Gasteiger partial charge in [0.25, 0.3) is 11.8 Å². The summed E-state index contributed by atoms with van der Waals surface area (Å²) >= 11 is 0. The zero-order valence-corrected chi connectivity index (χ0v) is 23.2. The first kappa shape index (κ1) is 25.9. The molecule has 0 spiro atoms. The molecule has 41 heavy (non-hydrogen) atoms. The van der Waals surface area contributed by atoms with Crippen LogP contribution in [0.5, 0.6) is 5.88 Å². The third kappa shape index (κ3) is 5.13. The number of hydrogen-bond acceptors (Lipinski definition) is 6. The van der Waals surface area contributed by atoms with Crippen LogP contribution in [-0.4, -0.2) is 48.8 Å². The maximum Gasteiger partial charge on any atom is 0.258 e. The van der Waals surface area contributed by atoms with E-state index in [1.165, 1.54) is 12.8 Å². The largest absolute Gasteiger partial charge is 0.477 e. The Morgan fingerprint density at radius 3 is 2.71 bits per heavy atom. The summed E-state index contributed by atoms with van der Waals surface area (Å²) in [5.74, 6) is -0.723. The second-order valence-electron chi connectivity index (χ2n) is 11.8. The first-order valence-corrected chi connectivity index (χ1v) is 14.3. The molecule has 3 aromatic heterocycles. The number of alkyl halides is 2. The van der Waals surface area contributed by atoms with Crippen LogP contribution < -0.4 is 15.4 Å². The Kier molecular flexibility index (Phi) is 6.20. The van der Waals surface area contributed by atoms with Crippen molar-refractivity contribution in [3.8, 4) is 17.1 Å². The molecule has 9 nitrogen and oxygen atoms in total. The van der Waals surface area contributed by atoms with Gasteiger partial charge >= 0.3 is 0 Å². The summed E-state index contributed by atoms with van der Waals surface area (Å²) in [5, 5.41) is 10.7. The van der Waals surface area contributed by atoms with E-state index in [2.05, 4.69) is 25.3 Å². The highest BCUT2D eigenvalue weighted by molar-refractivity contribution is 6.05. The van der Waals surface area contributed by atoms with Gasteiger partial charge in [0, 0.05) is 49.4 Å². The molecule has 2 saturated carbocycles. The van der Waals surface area contributed by atoms with E-state index in [-0.39, 0.29) is 24.8 Å². The van der Waals surface area contributed by atoms with Gasteiger partial charge in [0.2, 0.25) is 11.8 Å². The van der Waals surface area contributed by atoms with Crippen molar-refractivity contribution in [1.29, 1.82) is 0 Å². The number of benzene rings is 1. The smallest absolute Gasteiger partial charge is 0.258 e. The number of halogens is 2. The van der Waals surface area contributed by atoms with Crippen LogP contribution in [0.1, 0.15) is 54.6 Å².